The molecule has 0 radical (unpaired) electrons. The van der Waals surface area contributed by atoms with Crippen molar-refractivity contribution in [1.29, 1.82) is 0 Å². The highest BCUT2D eigenvalue weighted by molar-refractivity contribution is 7.89. The fraction of sp³-hybridized carbons (Fsp3) is 0.476. The third-order valence-corrected chi connectivity index (χ3v) is 7.49. The van der Waals surface area contributed by atoms with E-state index in [1.807, 2.05) is 0 Å². The highest BCUT2D eigenvalue weighted by atomic mass is 32.2. The van der Waals surface area contributed by atoms with Gasteiger partial charge >= 0.3 is 12.3 Å². The van der Waals surface area contributed by atoms with E-state index < -0.39 is 28.8 Å². The third-order valence-electron chi connectivity index (χ3n) is 5.68. The van der Waals surface area contributed by atoms with Crippen LogP contribution in [0, 0.1) is 11.8 Å². The van der Waals surface area contributed by atoms with E-state index in [1.165, 1.54) is 12.1 Å². The van der Waals surface area contributed by atoms with Gasteiger partial charge in [0.25, 0.3) is 0 Å². The molecule has 0 heterocycles. The van der Waals surface area contributed by atoms with Crippen molar-refractivity contribution in [3.63, 3.8) is 0 Å². The summed E-state index contributed by atoms with van der Waals surface area (Å²) >= 11 is 0. The van der Waals surface area contributed by atoms with Crippen LogP contribution >= 0.6 is 0 Å². The number of sulfonamides is 1. The maximum Gasteiger partial charge on any atom is 0.404 e. The van der Waals surface area contributed by atoms with Gasteiger partial charge in [-0.1, -0.05) is 30.3 Å². The average molecular weight is 459 g/mol. The molecule has 31 heavy (non-hydrogen) atoms. The summed E-state index contributed by atoms with van der Waals surface area (Å²) in [5.74, 6) is -0.0980. The first-order valence-corrected chi connectivity index (χ1v) is 11.5. The van der Waals surface area contributed by atoms with Crippen molar-refractivity contribution < 1.29 is 31.5 Å². The van der Waals surface area contributed by atoms with Gasteiger partial charge in [-0.15, -0.1) is 0 Å². The van der Waals surface area contributed by atoms with Crippen molar-refractivity contribution in [3.05, 3.63) is 42.5 Å². The molecule has 0 atom stereocenters. The molecule has 0 bridgehead atoms. The Bertz CT molecular complexity index is 1020. The first-order chi connectivity index (χ1) is 14.5. The quantitative estimate of drug-likeness (QED) is 0.641. The Hall–Kier alpha value is -2.33. The van der Waals surface area contributed by atoms with Crippen molar-refractivity contribution in [2.45, 2.75) is 36.8 Å². The number of carboxylic acid groups (broad SMARTS) is 1. The van der Waals surface area contributed by atoms with Gasteiger partial charge in [-0.2, -0.15) is 17.5 Å². The largest absolute Gasteiger partial charge is 0.465 e. The summed E-state index contributed by atoms with van der Waals surface area (Å²) in [4.78, 5) is 10.5. The number of nitrogens with zero attached hydrogens (tertiary/aromatic N) is 1. The number of amides is 1. The maximum atomic E-state index is 13.2. The second-order valence-electron chi connectivity index (χ2n) is 7.99. The average Bonchev–Trinajstić information content (AvgIpc) is 2.71. The van der Waals surface area contributed by atoms with Gasteiger partial charge in [0.15, 0.2) is 0 Å². The van der Waals surface area contributed by atoms with Crippen molar-refractivity contribution in [2.24, 2.45) is 11.8 Å². The lowest BCUT2D eigenvalue weighted by Crippen LogP contribution is -2.42. The molecule has 1 aliphatic carbocycles. The minimum Gasteiger partial charge on any atom is -0.465 e. The lowest BCUT2D eigenvalue weighted by atomic mass is 9.82. The lowest BCUT2D eigenvalue weighted by molar-refractivity contribution is -0.137. The molecule has 2 aromatic rings. The Morgan fingerprint density at radius 2 is 1.65 bits per heavy atom. The highest BCUT2D eigenvalue weighted by Gasteiger charge is 2.38. The molecule has 1 saturated carbocycles. The van der Waals surface area contributed by atoms with Gasteiger partial charge < -0.3 is 10.4 Å². The molecule has 0 aliphatic heterocycles. The Morgan fingerprint density at radius 1 is 1.03 bits per heavy atom. The lowest BCUT2D eigenvalue weighted by Gasteiger charge is -2.32. The molecule has 3 rings (SSSR count). The summed E-state index contributed by atoms with van der Waals surface area (Å²) in [6.45, 7) is -1.46. The summed E-state index contributed by atoms with van der Waals surface area (Å²) < 4.78 is 66.5. The first-order valence-electron chi connectivity index (χ1n) is 10.1. The van der Waals surface area contributed by atoms with Crippen LogP contribution in [0.1, 0.15) is 25.7 Å². The molecule has 0 saturated heterocycles. The van der Waals surface area contributed by atoms with E-state index in [1.54, 1.807) is 30.3 Å². The molecule has 0 spiro atoms. The molecule has 10 heteroatoms. The number of halogens is 3. The molecule has 6 nitrogen and oxygen atoms in total. The predicted molar refractivity (Wildman–Crippen MR) is 110 cm³/mol. The third kappa shape index (κ3) is 6.33. The van der Waals surface area contributed by atoms with Crippen molar-refractivity contribution in [3.8, 4) is 0 Å². The maximum absolute atomic E-state index is 13.2. The van der Waals surface area contributed by atoms with Crippen LogP contribution in [0.4, 0.5) is 18.0 Å². The molecule has 170 valence electrons. The van der Waals surface area contributed by atoms with Gasteiger partial charge in [0, 0.05) is 13.1 Å². The summed E-state index contributed by atoms with van der Waals surface area (Å²) in [6, 6.07) is 11.4. The van der Waals surface area contributed by atoms with Crippen molar-refractivity contribution >= 4 is 26.9 Å². The fourth-order valence-corrected chi connectivity index (χ4v) is 5.60. The molecule has 1 aliphatic rings. The van der Waals surface area contributed by atoms with Gasteiger partial charge in [-0.05, 0) is 60.4 Å². The molecule has 2 N–H and O–H groups in total. The molecule has 2 aromatic carbocycles. The van der Waals surface area contributed by atoms with Crippen LogP contribution in [-0.4, -0.2) is 49.7 Å². The molecule has 0 aromatic heterocycles. The minimum absolute atomic E-state index is 0.112. The van der Waals surface area contributed by atoms with E-state index in [0.29, 0.717) is 41.9 Å². The van der Waals surface area contributed by atoms with Gasteiger partial charge in [-0.3, -0.25) is 0 Å². The Kier molecular flexibility index (Phi) is 7.10. The van der Waals surface area contributed by atoms with Crippen LogP contribution in [0.15, 0.2) is 47.4 Å². The standard InChI is InChI=1S/C21H25F3N2O4S/c22-21(23,24)14-26(13-16-7-5-15(6-8-16)12-25-20(27)28)31(29,30)19-10-9-17-3-1-2-4-18(17)11-19/h1-4,9-11,15-16,25H,5-8,12-14H2,(H,27,28). The van der Waals surface area contributed by atoms with E-state index in [-0.39, 0.29) is 23.3 Å². The van der Waals surface area contributed by atoms with E-state index in [2.05, 4.69) is 5.32 Å². The number of fused-ring (bicyclic) bond motifs is 1. The molecular formula is C21H25F3N2O4S. The second kappa shape index (κ2) is 9.44. The molecular weight excluding hydrogens is 433 g/mol. The number of hydrogen-bond acceptors (Lipinski definition) is 3. The SMILES string of the molecule is O=C(O)NCC1CCC(CN(CC(F)(F)F)S(=O)(=O)c2ccc3ccccc3c2)CC1. The number of alkyl halides is 3. The minimum atomic E-state index is -4.66. The predicted octanol–water partition coefficient (Wildman–Crippen LogP) is 4.47. The summed E-state index contributed by atoms with van der Waals surface area (Å²) in [6.07, 6.45) is -3.39. The first kappa shape index (κ1) is 23.3. The normalized spacial score (nSPS) is 20.1. The van der Waals surface area contributed by atoms with E-state index in [9.17, 15) is 26.4 Å². The smallest absolute Gasteiger partial charge is 0.404 e. The van der Waals surface area contributed by atoms with E-state index in [0.717, 1.165) is 5.39 Å². The zero-order valence-electron chi connectivity index (χ0n) is 16.8. The highest BCUT2D eigenvalue weighted by Crippen LogP contribution is 2.32. The Labute approximate surface area is 179 Å². The summed E-state index contributed by atoms with van der Waals surface area (Å²) in [5.41, 5.74) is 0. The zero-order valence-corrected chi connectivity index (χ0v) is 17.6. The summed E-state index contributed by atoms with van der Waals surface area (Å²) in [5, 5.41) is 12.5. The van der Waals surface area contributed by atoms with Crippen molar-refractivity contribution in [1.82, 2.24) is 9.62 Å². The number of carbonyl (C=O) groups is 1. The van der Waals surface area contributed by atoms with Crippen LogP contribution in [0.2, 0.25) is 0 Å². The number of hydrogen-bond donors (Lipinski definition) is 2. The van der Waals surface area contributed by atoms with Crippen molar-refractivity contribution in [2.75, 3.05) is 19.6 Å². The van der Waals surface area contributed by atoms with Gasteiger partial charge in [0.2, 0.25) is 10.0 Å². The van der Waals surface area contributed by atoms with Gasteiger partial charge in [0.05, 0.1) is 4.90 Å². The van der Waals surface area contributed by atoms with Crippen LogP contribution in [-0.2, 0) is 10.0 Å². The van der Waals surface area contributed by atoms with Gasteiger partial charge in [-0.25, -0.2) is 13.2 Å². The Balaban J connectivity index is 1.76. The molecule has 1 fully saturated rings. The molecule has 0 unspecified atom stereocenters. The van der Waals surface area contributed by atoms with Crippen LogP contribution in [0.5, 0.6) is 0 Å². The number of nitrogens with one attached hydrogen (secondary N) is 1. The number of benzene rings is 2. The second-order valence-corrected chi connectivity index (χ2v) is 9.93. The van der Waals surface area contributed by atoms with Crippen LogP contribution < -0.4 is 5.32 Å². The van der Waals surface area contributed by atoms with Crippen LogP contribution in [0.25, 0.3) is 10.8 Å². The zero-order chi connectivity index (χ0) is 22.6. The molecule has 1 amide bonds. The van der Waals surface area contributed by atoms with E-state index in [4.69, 9.17) is 5.11 Å². The van der Waals surface area contributed by atoms with E-state index >= 15 is 0 Å². The number of rotatable bonds is 7. The van der Waals surface area contributed by atoms with Gasteiger partial charge in [0.1, 0.15) is 6.54 Å². The topological polar surface area (TPSA) is 86.7 Å². The fourth-order valence-electron chi connectivity index (χ4n) is 4.06. The Morgan fingerprint density at radius 3 is 2.26 bits per heavy atom. The van der Waals surface area contributed by atoms with Crippen LogP contribution in [0.3, 0.4) is 0 Å². The monoisotopic (exact) mass is 458 g/mol. The summed E-state index contributed by atoms with van der Waals surface area (Å²) in [7, 11) is -4.34.